The van der Waals surface area contributed by atoms with E-state index in [2.05, 4.69) is 46.5 Å². The zero-order chi connectivity index (χ0) is 21.2. The number of para-hydroxylation sites is 1. The van der Waals surface area contributed by atoms with Gasteiger partial charge in [-0.1, -0.05) is 40.6 Å². The van der Waals surface area contributed by atoms with Gasteiger partial charge in [0.25, 0.3) is 7.28 Å². The van der Waals surface area contributed by atoms with Gasteiger partial charge in [0.1, 0.15) is 5.79 Å². The predicted molar refractivity (Wildman–Crippen MR) is 126 cm³/mol. The lowest BCUT2D eigenvalue weighted by atomic mass is 9.68. The maximum absolute atomic E-state index is 8.95. The third-order valence-corrected chi connectivity index (χ3v) is 5.88. The second kappa shape index (κ2) is 8.09. The van der Waals surface area contributed by atoms with Crippen molar-refractivity contribution in [2.75, 3.05) is 5.32 Å². The predicted octanol–water partition coefficient (Wildman–Crippen LogP) is 4.53. The molecule has 0 fully saturated rings. The highest BCUT2D eigenvalue weighted by Crippen LogP contribution is 2.27. The lowest BCUT2D eigenvalue weighted by molar-refractivity contribution is 0.610. The number of anilines is 2. The van der Waals surface area contributed by atoms with Gasteiger partial charge in [-0.25, -0.2) is 9.97 Å². The summed E-state index contributed by atoms with van der Waals surface area (Å²) in [5, 5.41) is 13.2. The van der Waals surface area contributed by atoms with E-state index >= 15 is 0 Å². The summed E-state index contributed by atoms with van der Waals surface area (Å²) < 4.78 is 7.07. The van der Waals surface area contributed by atoms with Crippen LogP contribution >= 0.6 is 11.3 Å². The SMILES string of the molecule is Cc1ccc(Nc2nc3ccccc3s2)cc1[B]c1ncc(-c2ccc(C#N)cc2)o1. The zero-order valence-electron chi connectivity index (χ0n) is 16.7. The summed E-state index contributed by atoms with van der Waals surface area (Å²) in [6.07, 6.45) is 1.70. The van der Waals surface area contributed by atoms with E-state index in [1.165, 1.54) is 0 Å². The van der Waals surface area contributed by atoms with E-state index in [0.29, 0.717) is 17.1 Å². The monoisotopic (exact) mass is 419 g/mol. The molecule has 0 atom stereocenters. The van der Waals surface area contributed by atoms with Crippen LogP contribution in [0.2, 0.25) is 0 Å². The first-order chi connectivity index (χ1) is 15.2. The molecule has 1 N–H and O–H groups in total. The Bertz CT molecular complexity index is 1380. The zero-order valence-corrected chi connectivity index (χ0v) is 17.5. The highest BCUT2D eigenvalue weighted by molar-refractivity contribution is 7.22. The quantitative estimate of drug-likeness (QED) is 0.424. The summed E-state index contributed by atoms with van der Waals surface area (Å²) in [5.74, 6) is 1.19. The third-order valence-electron chi connectivity index (χ3n) is 4.93. The fraction of sp³-hybridized carbons (Fsp3) is 0.0417. The first-order valence-corrected chi connectivity index (χ1v) is 10.5. The van der Waals surface area contributed by atoms with E-state index in [0.717, 1.165) is 37.6 Å². The number of nitrogens with one attached hydrogen (secondary N) is 1. The van der Waals surface area contributed by atoms with Crippen LogP contribution in [0.1, 0.15) is 11.1 Å². The summed E-state index contributed by atoms with van der Waals surface area (Å²) in [6, 6.07) is 23.6. The standard InChI is InChI=1S/C24H16BN4OS/c1-15-6-11-18(28-24-29-20-4-2-3-5-22(20)31-24)12-19(15)25-23-27-14-21(30-23)17-9-7-16(13-26)8-10-17/h2-12,14H,1H3,(H,28,29). The van der Waals surface area contributed by atoms with Crippen LogP contribution < -0.4 is 16.6 Å². The van der Waals surface area contributed by atoms with Gasteiger partial charge in [0, 0.05) is 11.3 Å². The average Bonchev–Trinajstić information content (AvgIpc) is 3.42. The molecule has 3 aromatic carbocycles. The van der Waals surface area contributed by atoms with Crippen LogP contribution in [0.4, 0.5) is 10.8 Å². The number of hydrogen-bond donors (Lipinski definition) is 1. The summed E-state index contributed by atoms with van der Waals surface area (Å²) in [4.78, 5) is 9.04. The molecule has 147 valence electrons. The summed E-state index contributed by atoms with van der Waals surface area (Å²) in [5.41, 5.74) is 5.57. The van der Waals surface area contributed by atoms with Gasteiger partial charge in [-0.3, -0.25) is 0 Å². The molecule has 2 heterocycles. The molecule has 0 aliphatic carbocycles. The first kappa shape index (κ1) is 19.1. The number of nitriles is 1. The second-order valence-electron chi connectivity index (χ2n) is 7.08. The van der Waals surface area contributed by atoms with Crippen molar-refractivity contribution < 1.29 is 4.42 Å². The molecule has 2 aromatic heterocycles. The van der Waals surface area contributed by atoms with Crippen molar-refractivity contribution in [2.24, 2.45) is 0 Å². The van der Waals surface area contributed by atoms with E-state index in [1.807, 2.05) is 43.7 Å². The Labute approximate surface area is 184 Å². The van der Waals surface area contributed by atoms with Gasteiger partial charge >= 0.3 is 0 Å². The van der Waals surface area contributed by atoms with Gasteiger partial charge in [-0.2, -0.15) is 5.26 Å². The van der Waals surface area contributed by atoms with Gasteiger partial charge in [0.05, 0.1) is 28.0 Å². The van der Waals surface area contributed by atoms with Gasteiger partial charge < -0.3 is 9.73 Å². The second-order valence-corrected chi connectivity index (χ2v) is 8.11. The Balaban J connectivity index is 1.36. The number of benzene rings is 3. The Morgan fingerprint density at radius 2 is 1.90 bits per heavy atom. The molecule has 0 bridgehead atoms. The van der Waals surface area contributed by atoms with Crippen molar-refractivity contribution >= 4 is 50.9 Å². The molecular weight excluding hydrogens is 403 g/mol. The number of aromatic nitrogens is 2. The Kier molecular flexibility index (Phi) is 4.99. The lowest BCUT2D eigenvalue weighted by Crippen LogP contribution is -2.29. The number of oxazole rings is 1. The van der Waals surface area contributed by atoms with Crippen molar-refractivity contribution in [1.82, 2.24) is 9.97 Å². The number of thiazole rings is 1. The number of nitrogens with zero attached hydrogens (tertiary/aromatic N) is 3. The number of rotatable bonds is 5. The van der Waals surface area contributed by atoms with Crippen LogP contribution in [0.5, 0.6) is 0 Å². The summed E-state index contributed by atoms with van der Waals surface area (Å²) in [6.45, 7) is 2.05. The summed E-state index contributed by atoms with van der Waals surface area (Å²) in [7, 11) is 1.92. The maximum Gasteiger partial charge on any atom is 0.268 e. The van der Waals surface area contributed by atoms with Crippen LogP contribution in [0.3, 0.4) is 0 Å². The van der Waals surface area contributed by atoms with Crippen molar-refractivity contribution in [1.29, 1.82) is 5.26 Å². The average molecular weight is 419 g/mol. The molecular formula is C24H16BN4OS. The molecule has 0 saturated carbocycles. The maximum atomic E-state index is 8.95. The van der Waals surface area contributed by atoms with E-state index < -0.39 is 0 Å². The molecule has 5 nitrogen and oxygen atoms in total. The molecule has 0 spiro atoms. The number of hydrogen-bond acceptors (Lipinski definition) is 6. The highest BCUT2D eigenvalue weighted by Gasteiger charge is 2.12. The molecule has 0 aliphatic rings. The molecule has 0 aliphatic heterocycles. The molecule has 7 heteroatoms. The Hall–Kier alpha value is -3.89. The van der Waals surface area contributed by atoms with Gasteiger partial charge in [0.2, 0.25) is 0 Å². The van der Waals surface area contributed by atoms with E-state index in [4.69, 9.17) is 9.68 Å². The smallest absolute Gasteiger partial charge is 0.268 e. The number of fused-ring (bicyclic) bond motifs is 1. The van der Waals surface area contributed by atoms with Crippen molar-refractivity contribution in [3.8, 4) is 17.4 Å². The van der Waals surface area contributed by atoms with Crippen molar-refractivity contribution in [3.63, 3.8) is 0 Å². The Morgan fingerprint density at radius 1 is 1.06 bits per heavy atom. The highest BCUT2D eigenvalue weighted by atomic mass is 32.1. The van der Waals surface area contributed by atoms with Gasteiger partial charge in [-0.15, -0.1) is 0 Å². The number of aryl methyl sites for hydroxylation is 1. The van der Waals surface area contributed by atoms with E-state index in [9.17, 15) is 0 Å². The minimum atomic E-state index is 0.527. The largest absolute Gasteiger partial charge is 0.451 e. The summed E-state index contributed by atoms with van der Waals surface area (Å²) >= 11 is 1.63. The molecule has 5 rings (SSSR count). The Morgan fingerprint density at radius 3 is 2.71 bits per heavy atom. The van der Waals surface area contributed by atoms with E-state index in [1.54, 1.807) is 29.7 Å². The molecule has 0 saturated heterocycles. The fourth-order valence-corrected chi connectivity index (χ4v) is 4.14. The minimum Gasteiger partial charge on any atom is -0.451 e. The molecule has 5 aromatic rings. The topological polar surface area (TPSA) is 74.7 Å². The molecule has 0 unspecified atom stereocenters. The normalized spacial score (nSPS) is 10.7. The van der Waals surface area contributed by atoms with Crippen LogP contribution in [-0.2, 0) is 0 Å². The third kappa shape index (κ3) is 4.07. The fourth-order valence-electron chi connectivity index (χ4n) is 3.25. The van der Waals surface area contributed by atoms with Crippen LogP contribution in [0.25, 0.3) is 21.5 Å². The minimum absolute atomic E-state index is 0.527. The van der Waals surface area contributed by atoms with Gasteiger partial charge in [0.15, 0.2) is 10.9 Å². The molecule has 1 radical (unpaired) electrons. The van der Waals surface area contributed by atoms with Crippen LogP contribution in [0.15, 0.2) is 77.3 Å². The van der Waals surface area contributed by atoms with Crippen molar-refractivity contribution in [3.05, 3.63) is 84.1 Å². The molecule has 0 amide bonds. The van der Waals surface area contributed by atoms with Gasteiger partial charge in [-0.05, 0) is 55.5 Å². The first-order valence-electron chi connectivity index (χ1n) is 9.72. The van der Waals surface area contributed by atoms with E-state index in [-0.39, 0.29) is 0 Å². The van der Waals surface area contributed by atoms with Crippen LogP contribution in [0, 0.1) is 18.3 Å². The van der Waals surface area contributed by atoms with Crippen molar-refractivity contribution in [2.45, 2.75) is 6.92 Å². The van der Waals surface area contributed by atoms with Crippen LogP contribution in [-0.4, -0.2) is 17.2 Å². The molecule has 31 heavy (non-hydrogen) atoms. The lowest BCUT2D eigenvalue weighted by Gasteiger charge is -2.08.